The first kappa shape index (κ1) is 18.3. The number of amides is 3. The Balaban J connectivity index is 1.55. The zero-order chi connectivity index (χ0) is 18.0. The maximum atomic E-state index is 12.5. The SMILES string of the molecule is CC(C)Sc1ccc(CC(=O)N2CCC(N3C(=O)CSC3=O)C2)cc1. The van der Waals surface area contributed by atoms with Crippen molar-refractivity contribution in [1.29, 1.82) is 0 Å². The number of hydrogen-bond acceptors (Lipinski definition) is 5. The van der Waals surface area contributed by atoms with Gasteiger partial charge < -0.3 is 4.90 Å². The van der Waals surface area contributed by atoms with E-state index in [4.69, 9.17) is 0 Å². The molecule has 134 valence electrons. The van der Waals surface area contributed by atoms with Gasteiger partial charge in [-0.25, -0.2) is 0 Å². The van der Waals surface area contributed by atoms with Gasteiger partial charge in [-0.3, -0.25) is 19.3 Å². The van der Waals surface area contributed by atoms with E-state index in [1.807, 2.05) is 12.1 Å². The predicted molar refractivity (Wildman–Crippen MR) is 101 cm³/mol. The number of hydrogen-bond donors (Lipinski definition) is 0. The normalized spacial score (nSPS) is 20.8. The summed E-state index contributed by atoms with van der Waals surface area (Å²) in [6, 6.07) is 7.95. The van der Waals surface area contributed by atoms with Gasteiger partial charge in [0.1, 0.15) is 0 Å². The summed E-state index contributed by atoms with van der Waals surface area (Å²) in [4.78, 5) is 40.5. The van der Waals surface area contributed by atoms with Gasteiger partial charge in [-0.15, -0.1) is 11.8 Å². The minimum atomic E-state index is -0.178. The summed E-state index contributed by atoms with van der Waals surface area (Å²) in [5, 5.41) is 0.353. The molecule has 0 N–H and O–H groups in total. The highest BCUT2D eigenvalue weighted by molar-refractivity contribution is 8.14. The van der Waals surface area contributed by atoms with Crippen molar-refractivity contribution in [3.8, 4) is 0 Å². The molecule has 0 radical (unpaired) electrons. The lowest BCUT2D eigenvalue weighted by atomic mass is 10.1. The lowest BCUT2D eigenvalue weighted by molar-refractivity contribution is -0.131. The van der Waals surface area contributed by atoms with Gasteiger partial charge in [-0.2, -0.15) is 0 Å². The van der Waals surface area contributed by atoms with Crippen molar-refractivity contribution in [3.63, 3.8) is 0 Å². The summed E-state index contributed by atoms with van der Waals surface area (Å²) in [6.45, 7) is 5.37. The summed E-state index contributed by atoms with van der Waals surface area (Å²) in [7, 11) is 0. The molecule has 3 rings (SSSR count). The Kier molecular flexibility index (Phi) is 5.74. The minimum Gasteiger partial charge on any atom is -0.340 e. The summed E-state index contributed by atoms with van der Waals surface area (Å²) < 4.78 is 0. The van der Waals surface area contributed by atoms with Crippen LogP contribution in [0.5, 0.6) is 0 Å². The molecule has 2 saturated heterocycles. The van der Waals surface area contributed by atoms with Crippen molar-refractivity contribution >= 4 is 40.6 Å². The molecule has 25 heavy (non-hydrogen) atoms. The zero-order valence-electron chi connectivity index (χ0n) is 14.4. The van der Waals surface area contributed by atoms with Crippen molar-refractivity contribution < 1.29 is 14.4 Å². The summed E-state index contributed by atoms with van der Waals surface area (Å²) >= 11 is 2.85. The Bertz CT molecular complexity index is 659. The second kappa shape index (κ2) is 7.83. The fourth-order valence-electron chi connectivity index (χ4n) is 3.14. The predicted octanol–water partition coefficient (Wildman–Crippen LogP) is 3.03. The molecule has 2 fully saturated rings. The number of benzene rings is 1. The molecule has 1 unspecified atom stereocenters. The van der Waals surface area contributed by atoms with E-state index in [9.17, 15) is 14.4 Å². The number of carbonyl (C=O) groups excluding carboxylic acids is 3. The number of nitrogens with zero attached hydrogens (tertiary/aromatic N) is 2. The first-order valence-corrected chi connectivity index (χ1v) is 10.3. The van der Waals surface area contributed by atoms with Gasteiger partial charge in [0.2, 0.25) is 11.8 Å². The van der Waals surface area contributed by atoms with E-state index in [1.165, 1.54) is 9.80 Å². The smallest absolute Gasteiger partial charge is 0.289 e. The van der Waals surface area contributed by atoms with Gasteiger partial charge in [0.05, 0.1) is 18.2 Å². The van der Waals surface area contributed by atoms with Crippen molar-refractivity contribution in [2.75, 3.05) is 18.8 Å². The maximum Gasteiger partial charge on any atom is 0.289 e. The molecular formula is C18H22N2O3S2. The van der Waals surface area contributed by atoms with E-state index in [0.29, 0.717) is 31.2 Å². The van der Waals surface area contributed by atoms with Crippen molar-refractivity contribution in [2.45, 2.75) is 42.9 Å². The largest absolute Gasteiger partial charge is 0.340 e. The van der Waals surface area contributed by atoms with Gasteiger partial charge in [-0.05, 0) is 24.1 Å². The Morgan fingerprint density at radius 1 is 1.28 bits per heavy atom. The molecule has 2 heterocycles. The van der Waals surface area contributed by atoms with Crippen LogP contribution >= 0.6 is 23.5 Å². The van der Waals surface area contributed by atoms with Crippen LogP contribution < -0.4 is 0 Å². The number of thioether (sulfide) groups is 2. The second-order valence-electron chi connectivity index (χ2n) is 6.59. The van der Waals surface area contributed by atoms with Gasteiger partial charge in [0.25, 0.3) is 5.24 Å². The topological polar surface area (TPSA) is 57.7 Å². The quantitative estimate of drug-likeness (QED) is 0.737. The molecule has 5 nitrogen and oxygen atoms in total. The second-order valence-corrected chi connectivity index (χ2v) is 9.16. The monoisotopic (exact) mass is 378 g/mol. The maximum absolute atomic E-state index is 12.5. The molecular weight excluding hydrogens is 356 g/mol. The molecule has 0 bridgehead atoms. The van der Waals surface area contributed by atoms with Crippen LogP contribution in [0.3, 0.4) is 0 Å². The van der Waals surface area contributed by atoms with Gasteiger partial charge in [0, 0.05) is 23.2 Å². The third-order valence-corrected chi connectivity index (χ3v) is 6.17. The molecule has 0 spiro atoms. The van der Waals surface area contributed by atoms with Gasteiger partial charge in [-0.1, -0.05) is 37.7 Å². The highest BCUT2D eigenvalue weighted by Gasteiger charge is 2.40. The Hall–Kier alpha value is -1.47. The van der Waals surface area contributed by atoms with Crippen LogP contribution in [0.25, 0.3) is 0 Å². The molecule has 0 aromatic heterocycles. The lowest BCUT2D eigenvalue weighted by Crippen LogP contribution is -2.41. The van der Waals surface area contributed by atoms with Crippen LogP contribution in [0.1, 0.15) is 25.8 Å². The van der Waals surface area contributed by atoms with Crippen molar-refractivity contribution in [1.82, 2.24) is 9.80 Å². The van der Waals surface area contributed by atoms with Crippen LogP contribution in [0.2, 0.25) is 0 Å². The number of rotatable bonds is 5. The molecule has 3 amide bonds. The fourth-order valence-corrected chi connectivity index (χ4v) is 4.75. The average molecular weight is 379 g/mol. The highest BCUT2D eigenvalue weighted by atomic mass is 32.2. The van der Waals surface area contributed by atoms with E-state index >= 15 is 0 Å². The summed E-state index contributed by atoms with van der Waals surface area (Å²) in [5.41, 5.74) is 0.991. The molecule has 2 aliphatic heterocycles. The molecule has 0 aliphatic carbocycles. The van der Waals surface area contributed by atoms with Gasteiger partial charge >= 0.3 is 0 Å². The van der Waals surface area contributed by atoms with E-state index in [1.54, 1.807) is 16.7 Å². The van der Waals surface area contributed by atoms with Gasteiger partial charge in [0.15, 0.2) is 0 Å². The summed E-state index contributed by atoms with van der Waals surface area (Å²) in [6.07, 6.45) is 1.03. The number of carbonyl (C=O) groups is 3. The van der Waals surface area contributed by atoms with E-state index < -0.39 is 0 Å². The zero-order valence-corrected chi connectivity index (χ0v) is 16.1. The van der Waals surface area contributed by atoms with E-state index in [2.05, 4.69) is 26.0 Å². The molecule has 7 heteroatoms. The van der Waals surface area contributed by atoms with Crippen LogP contribution in [0.4, 0.5) is 4.79 Å². The molecule has 0 saturated carbocycles. The van der Waals surface area contributed by atoms with Crippen molar-refractivity contribution in [2.24, 2.45) is 0 Å². The third-order valence-electron chi connectivity index (χ3n) is 4.32. The highest BCUT2D eigenvalue weighted by Crippen LogP contribution is 2.27. The Morgan fingerprint density at radius 2 is 2.00 bits per heavy atom. The minimum absolute atomic E-state index is 0.0542. The van der Waals surface area contributed by atoms with Crippen LogP contribution in [-0.4, -0.2) is 57.0 Å². The Morgan fingerprint density at radius 3 is 2.60 bits per heavy atom. The van der Waals surface area contributed by atoms with Crippen molar-refractivity contribution in [3.05, 3.63) is 29.8 Å². The van der Waals surface area contributed by atoms with Crippen LogP contribution in [0, 0.1) is 0 Å². The fraction of sp³-hybridized carbons (Fsp3) is 0.500. The average Bonchev–Trinajstić information content (AvgIpc) is 3.15. The molecule has 2 aliphatic rings. The first-order chi connectivity index (χ1) is 11.9. The Labute approximate surface area is 156 Å². The summed E-state index contributed by atoms with van der Waals surface area (Å²) in [5.74, 6) is 0.148. The molecule has 1 aromatic carbocycles. The standard InChI is InChI=1S/C18H22N2O3S2/c1-12(2)25-15-5-3-13(4-6-15)9-16(21)19-8-7-14(10-19)20-17(22)11-24-18(20)23/h3-6,12,14H,7-11H2,1-2H3. The number of likely N-dealkylation sites (tertiary alicyclic amines) is 1. The molecule has 1 atom stereocenters. The van der Waals surface area contributed by atoms with Crippen LogP contribution in [0.15, 0.2) is 29.2 Å². The first-order valence-electron chi connectivity index (χ1n) is 8.46. The van der Waals surface area contributed by atoms with E-state index in [-0.39, 0.29) is 28.8 Å². The lowest BCUT2D eigenvalue weighted by Gasteiger charge is -2.22. The van der Waals surface area contributed by atoms with E-state index in [0.717, 1.165) is 17.3 Å². The molecule has 1 aromatic rings. The third kappa shape index (κ3) is 4.39. The number of imide groups is 1. The van der Waals surface area contributed by atoms with Crippen LogP contribution in [-0.2, 0) is 16.0 Å².